The highest BCUT2D eigenvalue weighted by Gasteiger charge is 2.18. The van der Waals surface area contributed by atoms with Gasteiger partial charge in [-0.15, -0.1) is 11.3 Å². The van der Waals surface area contributed by atoms with Crippen LogP contribution in [0, 0.1) is 5.92 Å². The number of carbonyl (C=O) groups is 1. The zero-order valence-corrected chi connectivity index (χ0v) is 18.7. The number of amides is 1. The zero-order valence-electron chi connectivity index (χ0n) is 17.8. The van der Waals surface area contributed by atoms with Gasteiger partial charge in [-0.05, 0) is 35.1 Å². The second-order valence-corrected chi connectivity index (χ2v) is 8.58. The molecule has 0 saturated heterocycles. The van der Waals surface area contributed by atoms with E-state index < -0.39 is 0 Å². The van der Waals surface area contributed by atoms with Crippen LogP contribution in [0.4, 0.5) is 11.4 Å². The number of nitrogens with zero attached hydrogens (tertiary/aromatic N) is 3. The Balaban J connectivity index is 0.000000334. The summed E-state index contributed by atoms with van der Waals surface area (Å²) in [7, 11) is 1.62. The third-order valence-electron chi connectivity index (χ3n) is 5.17. The minimum atomic E-state index is -0.0879. The van der Waals surface area contributed by atoms with Gasteiger partial charge >= 0.3 is 0 Å². The Morgan fingerprint density at radius 2 is 2.00 bits per heavy atom. The van der Waals surface area contributed by atoms with E-state index >= 15 is 0 Å². The molecule has 5 rings (SSSR count). The monoisotopic (exact) mass is 433 g/mol. The van der Waals surface area contributed by atoms with Crippen molar-refractivity contribution in [2.24, 2.45) is 5.92 Å². The fourth-order valence-corrected chi connectivity index (χ4v) is 4.22. The largest absolute Gasteiger partial charge is 0.354 e. The van der Waals surface area contributed by atoms with Crippen LogP contribution >= 0.6 is 11.3 Å². The summed E-state index contributed by atoms with van der Waals surface area (Å²) < 4.78 is 1.73. The molecule has 4 aromatic rings. The lowest BCUT2D eigenvalue weighted by Gasteiger charge is -2.06. The Kier molecular flexibility index (Phi) is 6.62. The molecule has 0 radical (unpaired) electrons. The summed E-state index contributed by atoms with van der Waals surface area (Å²) in [4.78, 5) is 16.9. The van der Waals surface area contributed by atoms with Gasteiger partial charge in [-0.1, -0.05) is 50.8 Å². The van der Waals surface area contributed by atoms with Crippen molar-refractivity contribution in [1.29, 1.82) is 0 Å². The molecule has 0 unspecified atom stereocenters. The zero-order chi connectivity index (χ0) is 21.6. The first-order valence-corrected chi connectivity index (χ1v) is 11.5. The Hall–Kier alpha value is -3.19. The van der Waals surface area contributed by atoms with Gasteiger partial charge < -0.3 is 10.6 Å². The van der Waals surface area contributed by atoms with E-state index in [1.54, 1.807) is 24.0 Å². The maximum absolute atomic E-state index is 11.7. The predicted octanol–water partition coefficient (Wildman–Crippen LogP) is 5.76. The number of hydrogen-bond acceptors (Lipinski definition) is 5. The third-order valence-corrected chi connectivity index (χ3v) is 6.10. The van der Waals surface area contributed by atoms with Crippen molar-refractivity contribution in [3.8, 4) is 11.1 Å². The van der Waals surface area contributed by atoms with Gasteiger partial charge in [0, 0.05) is 18.3 Å². The molecule has 3 aromatic heterocycles. The minimum absolute atomic E-state index is 0.0879. The Morgan fingerprint density at radius 3 is 2.68 bits per heavy atom. The van der Waals surface area contributed by atoms with Crippen LogP contribution in [0.3, 0.4) is 0 Å². The summed E-state index contributed by atoms with van der Waals surface area (Å²) in [6.45, 7) is 2.26. The van der Waals surface area contributed by atoms with E-state index in [1.165, 1.54) is 37.0 Å². The highest BCUT2D eigenvalue weighted by atomic mass is 32.1. The van der Waals surface area contributed by atoms with Crippen molar-refractivity contribution >= 4 is 34.3 Å². The molecule has 1 aromatic carbocycles. The molecule has 1 amide bonds. The molecule has 7 heteroatoms. The maximum atomic E-state index is 11.7. The van der Waals surface area contributed by atoms with Gasteiger partial charge in [-0.25, -0.2) is 9.50 Å². The van der Waals surface area contributed by atoms with E-state index in [0.29, 0.717) is 4.88 Å². The first kappa shape index (κ1) is 21.1. The quantitative estimate of drug-likeness (QED) is 0.406. The highest BCUT2D eigenvalue weighted by Crippen LogP contribution is 2.33. The second-order valence-electron chi connectivity index (χ2n) is 7.67. The van der Waals surface area contributed by atoms with Crippen LogP contribution in [0.25, 0.3) is 16.8 Å². The van der Waals surface area contributed by atoms with Gasteiger partial charge in [-0.2, -0.15) is 5.10 Å². The Bertz CT molecular complexity index is 1150. The number of nitrogens with one attached hydrogen (secondary N) is 2. The second kappa shape index (κ2) is 9.75. The van der Waals surface area contributed by atoms with Gasteiger partial charge in [0.05, 0.1) is 29.2 Å². The van der Waals surface area contributed by atoms with Crippen molar-refractivity contribution in [1.82, 2.24) is 19.9 Å². The van der Waals surface area contributed by atoms with Crippen LogP contribution in [0.1, 0.15) is 42.3 Å². The first-order valence-electron chi connectivity index (χ1n) is 10.6. The molecule has 1 aliphatic rings. The molecule has 1 fully saturated rings. The molecule has 31 heavy (non-hydrogen) atoms. The average Bonchev–Trinajstić information content (AvgIpc) is 3.32. The van der Waals surface area contributed by atoms with Gasteiger partial charge in [0.2, 0.25) is 0 Å². The fourth-order valence-electron chi connectivity index (χ4n) is 3.37. The van der Waals surface area contributed by atoms with E-state index in [2.05, 4.69) is 27.6 Å². The van der Waals surface area contributed by atoms with Gasteiger partial charge in [0.25, 0.3) is 5.91 Å². The van der Waals surface area contributed by atoms with Crippen molar-refractivity contribution < 1.29 is 4.79 Å². The minimum Gasteiger partial charge on any atom is -0.354 e. The van der Waals surface area contributed by atoms with Crippen molar-refractivity contribution in [3.05, 3.63) is 65.2 Å². The lowest BCUT2D eigenvalue weighted by atomic mass is 10.2. The van der Waals surface area contributed by atoms with Gasteiger partial charge in [-0.3, -0.25) is 4.79 Å². The number of aromatic nitrogens is 3. The lowest BCUT2D eigenvalue weighted by molar-refractivity contribution is 0.0967. The predicted molar refractivity (Wildman–Crippen MR) is 127 cm³/mol. The van der Waals surface area contributed by atoms with Crippen molar-refractivity contribution in [2.75, 3.05) is 12.4 Å². The fraction of sp³-hybridized carbons (Fsp3) is 0.292. The number of benzene rings is 1. The number of hydrogen-bond donors (Lipinski definition) is 2. The van der Waals surface area contributed by atoms with Crippen LogP contribution in [0.15, 0.2) is 60.4 Å². The van der Waals surface area contributed by atoms with Crippen LogP contribution in [0.5, 0.6) is 0 Å². The van der Waals surface area contributed by atoms with Crippen LogP contribution in [-0.4, -0.2) is 27.6 Å². The van der Waals surface area contributed by atoms with Crippen LogP contribution < -0.4 is 10.6 Å². The first-order chi connectivity index (χ1) is 15.2. The van der Waals surface area contributed by atoms with E-state index in [0.717, 1.165) is 34.1 Å². The Morgan fingerprint density at radius 1 is 1.19 bits per heavy atom. The lowest BCUT2D eigenvalue weighted by Crippen LogP contribution is -2.15. The van der Waals surface area contributed by atoms with Crippen molar-refractivity contribution in [3.63, 3.8) is 0 Å². The van der Waals surface area contributed by atoms with Crippen LogP contribution in [0.2, 0.25) is 0 Å². The van der Waals surface area contributed by atoms with Gasteiger partial charge in [0.15, 0.2) is 5.65 Å². The SMILES string of the molecule is CCCC1CC1.CNC(=O)c1cc(-c2cnn3cc(Nc4ccccc4)cnc23)cs1. The Labute approximate surface area is 186 Å². The third kappa shape index (κ3) is 5.30. The number of carbonyl (C=O) groups excluding carboxylic acids is 1. The molecule has 0 aliphatic heterocycles. The molecule has 0 spiro atoms. The molecule has 0 bridgehead atoms. The highest BCUT2D eigenvalue weighted by molar-refractivity contribution is 7.12. The van der Waals surface area contributed by atoms with Gasteiger partial charge in [0.1, 0.15) is 0 Å². The number of fused-ring (bicyclic) bond motifs is 1. The van der Waals surface area contributed by atoms with E-state index in [9.17, 15) is 4.79 Å². The summed E-state index contributed by atoms with van der Waals surface area (Å²) in [5.74, 6) is 1.06. The number of para-hydroxylation sites is 1. The standard InChI is InChI=1S/C18H15N5OS.C6H12/c1-19-18(24)16-7-12(11-25-16)15-9-21-23-10-14(8-20-17(15)23)22-13-5-3-2-4-6-13;1-2-3-6-4-5-6/h2-11,22H,1H3,(H,19,24);6H,2-5H2,1H3. The number of anilines is 2. The topological polar surface area (TPSA) is 71.3 Å². The van der Waals surface area contributed by atoms with Crippen molar-refractivity contribution in [2.45, 2.75) is 32.6 Å². The number of thiophene rings is 1. The molecule has 1 aliphatic carbocycles. The molecule has 160 valence electrons. The summed E-state index contributed by atoms with van der Waals surface area (Å²) in [5, 5.41) is 12.3. The molecule has 6 nitrogen and oxygen atoms in total. The molecular formula is C24H27N5OS. The summed E-state index contributed by atoms with van der Waals surface area (Å²) in [6, 6.07) is 11.8. The smallest absolute Gasteiger partial charge is 0.261 e. The van der Waals surface area contributed by atoms with E-state index in [-0.39, 0.29) is 5.91 Å². The molecule has 3 heterocycles. The molecular weight excluding hydrogens is 406 g/mol. The summed E-state index contributed by atoms with van der Waals surface area (Å²) >= 11 is 1.40. The molecule has 2 N–H and O–H groups in total. The molecule has 0 atom stereocenters. The summed E-state index contributed by atoms with van der Waals surface area (Å²) in [5.41, 5.74) is 4.43. The van der Waals surface area contributed by atoms with E-state index in [4.69, 9.17) is 0 Å². The number of rotatable bonds is 6. The average molecular weight is 434 g/mol. The molecule has 1 saturated carbocycles. The summed E-state index contributed by atoms with van der Waals surface area (Å²) in [6.07, 6.45) is 11.4. The van der Waals surface area contributed by atoms with E-state index in [1.807, 2.05) is 48.0 Å². The normalized spacial score (nSPS) is 12.8. The maximum Gasteiger partial charge on any atom is 0.261 e. The van der Waals surface area contributed by atoms with Crippen LogP contribution in [-0.2, 0) is 0 Å².